The number of nitriles is 1. The Labute approximate surface area is 316 Å². The van der Waals surface area contributed by atoms with Crippen molar-refractivity contribution in [2.75, 3.05) is 26.2 Å². The molecule has 11 heteroatoms. The van der Waals surface area contributed by atoms with E-state index in [1.54, 1.807) is 24.4 Å². The fourth-order valence-electron chi connectivity index (χ4n) is 7.27. The van der Waals surface area contributed by atoms with Gasteiger partial charge in [-0.25, -0.2) is 0 Å². The fraction of sp³-hybridized carbons (Fsp3) is 0.405. The van der Waals surface area contributed by atoms with Crippen molar-refractivity contribution in [3.05, 3.63) is 105 Å². The van der Waals surface area contributed by atoms with Gasteiger partial charge >= 0.3 is 5.97 Å². The van der Waals surface area contributed by atoms with Crippen molar-refractivity contribution in [1.82, 2.24) is 15.2 Å². The molecule has 4 aromatic rings. The first-order valence-corrected chi connectivity index (χ1v) is 18.8. The molecule has 3 N–H and O–H groups in total. The summed E-state index contributed by atoms with van der Waals surface area (Å²) >= 11 is 6.83. The molecular formula is C42H47ClN4O6. The summed E-state index contributed by atoms with van der Waals surface area (Å²) in [7, 11) is 0. The number of benzene rings is 3. The van der Waals surface area contributed by atoms with Gasteiger partial charge in [-0.2, -0.15) is 5.26 Å². The second kappa shape index (κ2) is 17.9. The molecule has 1 fully saturated rings. The Kier molecular flexibility index (Phi) is 12.9. The first-order valence-electron chi connectivity index (χ1n) is 18.4. The molecule has 0 radical (unpaired) electrons. The van der Waals surface area contributed by atoms with E-state index in [0.29, 0.717) is 39.8 Å². The Balaban J connectivity index is 1.20. The van der Waals surface area contributed by atoms with Crippen LogP contribution in [0.2, 0.25) is 5.02 Å². The third kappa shape index (κ3) is 9.48. The van der Waals surface area contributed by atoms with Crippen molar-refractivity contribution in [3.63, 3.8) is 0 Å². The third-order valence-electron chi connectivity index (χ3n) is 10.1. The number of ether oxygens (including phenoxy) is 3. The molecule has 1 aliphatic carbocycles. The Morgan fingerprint density at radius 1 is 1.06 bits per heavy atom. The van der Waals surface area contributed by atoms with Crippen LogP contribution in [0.1, 0.15) is 78.5 Å². The summed E-state index contributed by atoms with van der Waals surface area (Å²) in [5.41, 5.74) is 7.44. The number of rotatable bonds is 16. The molecule has 3 aromatic carbocycles. The van der Waals surface area contributed by atoms with E-state index in [1.165, 1.54) is 56.6 Å². The Morgan fingerprint density at radius 3 is 2.62 bits per heavy atom. The molecule has 6 rings (SSSR count). The van der Waals surface area contributed by atoms with Gasteiger partial charge in [-0.1, -0.05) is 48.4 Å². The van der Waals surface area contributed by atoms with Gasteiger partial charge in [0.05, 0.1) is 23.3 Å². The van der Waals surface area contributed by atoms with Crippen LogP contribution in [-0.2, 0) is 24.4 Å². The van der Waals surface area contributed by atoms with E-state index in [2.05, 4.69) is 64.6 Å². The number of fused-ring (bicyclic) bond motifs is 1. The summed E-state index contributed by atoms with van der Waals surface area (Å²) in [4.78, 5) is 18.4. The number of aliphatic hydroxyl groups excluding tert-OH is 1. The van der Waals surface area contributed by atoms with Gasteiger partial charge < -0.3 is 29.3 Å². The highest BCUT2D eigenvalue weighted by molar-refractivity contribution is 6.32. The van der Waals surface area contributed by atoms with Crippen LogP contribution in [0.4, 0.5) is 0 Å². The minimum Gasteiger partial charge on any atom is -0.493 e. The number of piperidine rings is 1. The van der Waals surface area contributed by atoms with Gasteiger partial charge in [-0.05, 0) is 105 Å². The molecule has 0 spiro atoms. The molecule has 2 heterocycles. The van der Waals surface area contributed by atoms with Gasteiger partial charge in [-0.3, -0.25) is 15.1 Å². The first kappa shape index (κ1) is 38.1. The number of carboxylic acid groups (broad SMARTS) is 1. The largest absolute Gasteiger partial charge is 0.493 e. The number of halogens is 1. The highest BCUT2D eigenvalue weighted by atomic mass is 35.5. The van der Waals surface area contributed by atoms with E-state index >= 15 is 0 Å². The fourth-order valence-corrected chi connectivity index (χ4v) is 7.50. The lowest BCUT2D eigenvalue weighted by Gasteiger charge is -2.26. The van der Waals surface area contributed by atoms with Crippen LogP contribution >= 0.6 is 11.6 Å². The minimum atomic E-state index is -1.20. The lowest BCUT2D eigenvalue weighted by molar-refractivity contribution is -0.142. The number of hydrogen-bond acceptors (Lipinski definition) is 9. The quantitative estimate of drug-likeness (QED) is 0.0998. The number of likely N-dealkylation sites (tertiary alicyclic amines) is 1. The van der Waals surface area contributed by atoms with Crippen LogP contribution in [0.15, 0.2) is 67.0 Å². The second-order valence-corrected chi connectivity index (χ2v) is 14.3. The molecule has 0 saturated carbocycles. The predicted molar refractivity (Wildman–Crippen MR) is 203 cm³/mol. The van der Waals surface area contributed by atoms with Crippen LogP contribution < -0.4 is 19.5 Å². The van der Waals surface area contributed by atoms with Crippen molar-refractivity contribution < 1.29 is 29.2 Å². The molecule has 0 unspecified atom stereocenters. The Hall–Kier alpha value is -4.66. The monoisotopic (exact) mass is 738 g/mol. The molecule has 10 nitrogen and oxygen atoms in total. The van der Waals surface area contributed by atoms with Crippen molar-refractivity contribution in [1.29, 1.82) is 5.26 Å². The van der Waals surface area contributed by atoms with E-state index < -0.39 is 18.1 Å². The van der Waals surface area contributed by atoms with Crippen LogP contribution in [0.5, 0.6) is 17.2 Å². The summed E-state index contributed by atoms with van der Waals surface area (Å²) in [5, 5.41) is 32.2. The van der Waals surface area contributed by atoms with E-state index in [0.717, 1.165) is 48.2 Å². The molecule has 0 bridgehead atoms. The molecule has 53 heavy (non-hydrogen) atoms. The van der Waals surface area contributed by atoms with Crippen molar-refractivity contribution in [2.45, 2.75) is 83.8 Å². The standard InChI is InChI=1S/C42H47ClN4O6/c1-27-32(9-7-12-37(27)51-18-8-17-47-15-4-3-5-16-47)33-10-6-11-35-34(33)13-14-38(35)53-40-21-39(52-26-30-19-29(22-44)23-45-24-30)31(20-36(40)43)25-46-41(28(2)48)42(49)50/h6-7,9-12,19-21,23-24,28,38,41,46,48H,3-5,8,13-18,25-26H2,1-2H3,(H,49,50)/t28-,38+,41+/m1/s1. The zero-order valence-corrected chi connectivity index (χ0v) is 31.1. The van der Waals surface area contributed by atoms with Crippen molar-refractivity contribution in [2.24, 2.45) is 0 Å². The summed E-state index contributed by atoms with van der Waals surface area (Å²) in [5.74, 6) is 0.588. The number of aliphatic carboxylic acids is 1. The lowest BCUT2D eigenvalue weighted by atomic mass is 9.93. The normalized spacial score (nSPS) is 16.7. The molecule has 2 aliphatic rings. The molecule has 1 aliphatic heterocycles. The van der Waals surface area contributed by atoms with Crippen molar-refractivity contribution in [3.8, 4) is 34.4 Å². The Bertz CT molecular complexity index is 1940. The van der Waals surface area contributed by atoms with Crippen LogP contribution in [-0.4, -0.2) is 64.5 Å². The lowest BCUT2D eigenvalue weighted by Crippen LogP contribution is -2.44. The number of aliphatic hydroxyl groups is 1. The van der Waals surface area contributed by atoms with E-state index in [9.17, 15) is 20.3 Å². The molecular weight excluding hydrogens is 692 g/mol. The predicted octanol–water partition coefficient (Wildman–Crippen LogP) is 7.41. The molecule has 0 amide bonds. The number of aromatic nitrogens is 1. The average Bonchev–Trinajstić information content (AvgIpc) is 3.57. The maximum absolute atomic E-state index is 11.7. The minimum absolute atomic E-state index is 0.0594. The topological polar surface area (TPSA) is 137 Å². The highest BCUT2D eigenvalue weighted by Gasteiger charge is 2.29. The number of pyridine rings is 1. The third-order valence-corrected chi connectivity index (χ3v) is 10.4. The first-order chi connectivity index (χ1) is 25.7. The SMILES string of the molecule is Cc1c(OCCCN2CCCCC2)cccc1-c1cccc2c1CC[C@@H]2Oc1cc(OCc2cncc(C#N)c2)c(CN[C@H](C(=O)O)[C@@H](C)O)cc1Cl. The molecule has 1 saturated heterocycles. The zero-order chi connectivity index (χ0) is 37.3. The summed E-state index contributed by atoms with van der Waals surface area (Å²) in [6.07, 6.45) is 8.24. The molecule has 3 atom stereocenters. The maximum atomic E-state index is 11.7. The van der Waals surface area contributed by atoms with Crippen LogP contribution in [0.25, 0.3) is 11.1 Å². The number of nitrogens with one attached hydrogen (secondary N) is 1. The summed E-state index contributed by atoms with van der Waals surface area (Å²) < 4.78 is 19.2. The van der Waals surface area contributed by atoms with Gasteiger partial charge in [0.2, 0.25) is 0 Å². The molecule has 278 valence electrons. The van der Waals surface area contributed by atoms with Gasteiger partial charge in [0.15, 0.2) is 0 Å². The van der Waals surface area contributed by atoms with Gasteiger partial charge in [-0.15, -0.1) is 0 Å². The number of hydrogen-bond donors (Lipinski definition) is 3. The smallest absolute Gasteiger partial charge is 0.323 e. The number of carboxylic acids is 1. The second-order valence-electron chi connectivity index (χ2n) is 13.9. The van der Waals surface area contributed by atoms with Crippen LogP contribution in [0, 0.1) is 18.3 Å². The van der Waals surface area contributed by atoms with E-state index in [-0.39, 0.29) is 19.3 Å². The van der Waals surface area contributed by atoms with Gasteiger partial charge in [0.25, 0.3) is 0 Å². The molecule has 1 aromatic heterocycles. The van der Waals surface area contributed by atoms with Gasteiger partial charge in [0.1, 0.15) is 42.1 Å². The summed E-state index contributed by atoms with van der Waals surface area (Å²) in [6, 6.07) is 18.6. The zero-order valence-electron chi connectivity index (χ0n) is 30.3. The van der Waals surface area contributed by atoms with Crippen LogP contribution in [0.3, 0.4) is 0 Å². The average molecular weight is 739 g/mol. The van der Waals surface area contributed by atoms with E-state index in [1.807, 2.05) is 0 Å². The van der Waals surface area contributed by atoms with Crippen molar-refractivity contribution >= 4 is 17.6 Å². The summed E-state index contributed by atoms with van der Waals surface area (Å²) in [6.45, 7) is 7.85. The van der Waals surface area contributed by atoms with Gasteiger partial charge in [0, 0.05) is 42.7 Å². The van der Waals surface area contributed by atoms with E-state index in [4.69, 9.17) is 25.8 Å². The maximum Gasteiger partial charge on any atom is 0.323 e. The highest BCUT2D eigenvalue weighted by Crippen LogP contribution is 2.44. The number of carbonyl (C=O) groups is 1. The Morgan fingerprint density at radius 2 is 1.85 bits per heavy atom. The number of nitrogens with zero attached hydrogens (tertiary/aromatic N) is 3.